The molecule has 0 aliphatic rings. The second-order valence-electron chi connectivity index (χ2n) is 5.78. The number of aromatic nitrogens is 1. The fraction of sp³-hybridized carbons (Fsp3) is 0.0500. The fourth-order valence-corrected chi connectivity index (χ4v) is 2.33. The van der Waals surface area contributed by atoms with Gasteiger partial charge in [0.1, 0.15) is 5.69 Å². The van der Waals surface area contributed by atoms with Gasteiger partial charge >= 0.3 is 6.18 Å². The average Bonchev–Trinajstić information content (AvgIpc) is 2.69. The molecule has 28 heavy (non-hydrogen) atoms. The highest BCUT2D eigenvalue weighted by atomic mass is 19.4. The zero-order valence-electron chi connectivity index (χ0n) is 14.3. The highest BCUT2D eigenvalue weighted by Crippen LogP contribution is 2.29. The van der Waals surface area contributed by atoms with E-state index < -0.39 is 17.6 Å². The van der Waals surface area contributed by atoms with E-state index in [1.807, 2.05) is 6.07 Å². The van der Waals surface area contributed by atoms with E-state index in [4.69, 9.17) is 5.26 Å². The number of nitrogens with one attached hydrogen (secondary N) is 2. The lowest BCUT2D eigenvalue weighted by Crippen LogP contribution is -2.14. The second-order valence-corrected chi connectivity index (χ2v) is 5.78. The first-order valence-corrected chi connectivity index (χ1v) is 8.07. The Balaban J connectivity index is 1.64. The Labute approximate surface area is 158 Å². The van der Waals surface area contributed by atoms with Gasteiger partial charge in [0.15, 0.2) is 0 Å². The van der Waals surface area contributed by atoms with E-state index in [9.17, 15) is 18.0 Å². The molecule has 1 amide bonds. The van der Waals surface area contributed by atoms with Crippen LogP contribution in [0.25, 0.3) is 0 Å². The van der Waals surface area contributed by atoms with Crippen LogP contribution in [0.1, 0.15) is 21.6 Å². The van der Waals surface area contributed by atoms with Crippen LogP contribution < -0.4 is 10.6 Å². The van der Waals surface area contributed by atoms with E-state index in [1.165, 1.54) is 24.4 Å². The molecule has 1 aromatic heterocycles. The van der Waals surface area contributed by atoms with Gasteiger partial charge < -0.3 is 10.6 Å². The second kappa shape index (κ2) is 7.80. The quantitative estimate of drug-likeness (QED) is 0.668. The third-order valence-corrected chi connectivity index (χ3v) is 3.77. The number of anilines is 3. The predicted molar refractivity (Wildman–Crippen MR) is 98.1 cm³/mol. The lowest BCUT2D eigenvalue weighted by atomic mass is 10.2. The molecule has 3 aromatic rings. The summed E-state index contributed by atoms with van der Waals surface area (Å²) in [5, 5.41) is 14.4. The molecule has 0 aliphatic carbocycles. The van der Waals surface area contributed by atoms with Crippen molar-refractivity contribution in [2.75, 3.05) is 10.6 Å². The largest absolute Gasteiger partial charge is 0.416 e. The van der Waals surface area contributed by atoms with Gasteiger partial charge in [-0.05, 0) is 60.7 Å². The zero-order chi connectivity index (χ0) is 20.1. The minimum atomic E-state index is -4.43. The summed E-state index contributed by atoms with van der Waals surface area (Å²) in [5.74, 6) is -0.537. The Morgan fingerprint density at radius 3 is 2.04 bits per heavy atom. The van der Waals surface area contributed by atoms with E-state index in [2.05, 4.69) is 15.6 Å². The molecule has 0 spiro atoms. The molecule has 0 atom stereocenters. The van der Waals surface area contributed by atoms with Crippen LogP contribution in [0.2, 0.25) is 0 Å². The third-order valence-electron chi connectivity index (χ3n) is 3.77. The maximum Gasteiger partial charge on any atom is 0.416 e. The van der Waals surface area contributed by atoms with Crippen molar-refractivity contribution in [2.45, 2.75) is 6.18 Å². The molecule has 8 heteroatoms. The normalized spacial score (nSPS) is 10.8. The molecule has 0 radical (unpaired) electrons. The first-order valence-electron chi connectivity index (χ1n) is 8.07. The van der Waals surface area contributed by atoms with E-state index in [0.717, 1.165) is 17.8 Å². The van der Waals surface area contributed by atoms with Gasteiger partial charge in [0.25, 0.3) is 5.91 Å². The first-order chi connectivity index (χ1) is 13.3. The van der Waals surface area contributed by atoms with Crippen LogP contribution in [-0.2, 0) is 6.18 Å². The Hall–Kier alpha value is -3.86. The van der Waals surface area contributed by atoms with Gasteiger partial charge in [-0.3, -0.25) is 4.79 Å². The number of carbonyl (C=O) groups excluding carboxylic acids is 1. The molecule has 5 nitrogen and oxygen atoms in total. The Morgan fingerprint density at radius 2 is 1.50 bits per heavy atom. The third kappa shape index (κ3) is 4.65. The van der Waals surface area contributed by atoms with Crippen molar-refractivity contribution < 1.29 is 18.0 Å². The number of alkyl halides is 3. The van der Waals surface area contributed by atoms with E-state index >= 15 is 0 Å². The molecule has 0 bridgehead atoms. The van der Waals surface area contributed by atoms with Crippen molar-refractivity contribution in [1.82, 2.24) is 4.98 Å². The summed E-state index contributed by atoms with van der Waals surface area (Å²) >= 11 is 0. The summed E-state index contributed by atoms with van der Waals surface area (Å²) in [6.07, 6.45) is -2.97. The molecule has 0 unspecified atom stereocenters. The van der Waals surface area contributed by atoms with Crippen molar-refractivity contribution in [3.8, 4) is 6.07 Å². The molecule has 2 N–H and O–H groups in total. The van der Waals surface area contributed by atoms with E-state index in [0.29, 0.717) is 11.3 Å². The highest BCUT2D eigenvalue weighted by Gasteiger charge is 2.30. The summed E-state index contributed by atoms with van der Waals surface area (Å²) in [4.78, 5) is 16.2. The molecule has 140 valence electrons. The standard InChI is InChI=1S/C20H13F3N4O/c21-20(22,23)14-3-7-16(8-4-14)27-19(28)18-10-9-17(12-25-18)26-15-5-1-13(11-24)2-6-15/h1-10,12,26H,(H,27,28). The van der Waals surface area contributed by atoms with E-state index in [-0.39, 0.29) is 11.4 Å². The van der Waals surface area contributed by atoms with Crippen LogP contribution in [0, 0.1) is 11.3 Å². The van der Waals surface area contributed by atoms with Gasteiger partial charge in [0.05, 0.1) is 29.1 Å². The highest BCUT2D eigenvalue weighted by molar-refractivity contribution is 6.02. The average molecular weight is 382 g/mol. The van der Waals surface area contributed by atoms with Crippen molar-refractivity contribution >= 4 is 23.0 Å². The number of benzene rings is 2. The van der Waals surface area contributed by atoms with Crippen LogP contribution in [0.5, 0.6) is 0 Å². The summed E-state index contributed by atoms with van der Waals surface area (Å²) < 4.78 is 37.7. The van der Waals surface area contributed by atoms with Gasteiger partial charge in [-0.25, -0.2) is 4.98 Å². The smallest absolute Gasteiger partial charge is 0.354 e. The number of nitriles is 1. The molecule has 0 fully saturated rings. The molecular formula is C20H13F3N4O. The Bertz CT molecular complexity index is 1010. The lowest BCUT2D eigenvalue weighted by Gasteiger charge is -2.09. The van der Waals surface area contributed by atoms with Gasteiger partial charge in [0, 0.05) is 11.4 Å². The fourth-order valence-electron chi connectivity index (χ4n) is 2.33. The number of hydrogen-bond donors (Lipinski definition) is 2. The molecule has 0 saturated carbocycles. The van der Waals surface area contributed by atoms with Crippen LogP contribution >= 0.6 is 0 Å². The number of nitrogens with zero attached hydrogens (tertiary/aromatic N) is 2. The van der Waals surface area contributed by atoms with Gasteiger partial charge in [0.2, 0.25) is 0 Å². The molecule has 2 aromatic carbocycles. The monoisotopic (exact) mass is 382 g/mol. The molecule has 1 heterocycles. The van der Waals surface area contributed by atoms with Gasteiger partial charge in [-0.15, -0.1) is 0 Å². The summed E-state index contributed by atoms with van der Waals surface area (Å²) in [6, 6.07) is 16.1. The van der Waals surface area contributed by atoms with Crippen molar-refractivity contribution in [1.29, 1.82) is 5.26 Å². The van der Waals surface area contributed by atoms with Crippen LogP contribution in [0.3, 0.4) is 0 Å². The van der Waals surface area contributed by atoms with Crippen LogP contribution in [0.15, 0.2) is 66.9 Å². The minimum Gasteiger partial charge on any atom is -0.354 e. The molecule has 3 rings (SSSR count). The summed E-state index contributed by atoms with van der Waals surface area (Å²) in [5.41, 5.74) is 1.49. The number of carbonyl (C=O) groups is 1. The molecule has 0 aliphatic heterocycles. The predicted octanol–water partition coefficient (Wildman–Crippen LogP) is 4.97. The first kappa shape index (κ1) is 18.9. The Kier molecular flexibility index (Phi) is 5.27. The molecule has 0 saturated heterocycles. The Morgan fingerprint density at radius 1 is 0.893 bits per heavy atom. The minimum absolute atomic E-state index is 0.116. The maximum absolute atomic E-state index is 12.6. The van der Waals surface area contributed by atoms with Gasteiger partial charge in [-0.2, -0.15) is 18.4 Å². The SMILES string of the molecule is N#Cc1ccc(Nc2ccc(C(=O)Nc3ccc(C(F)(F)F)cc3)nc2)cc1. The summed E-state index contributed by atoms with van der Waals surface area (Å²) in [7, 11) is 0. The van der Waals surface area contributed by atoms with Crippen LogP contribution in [0.4, 0.5) is 30.2 Å². The zero-order valence-corrected chi connectivity index (χ0v) is 14.3. The number of rotatable bonds is 4. The van der Waals surface area contributed by atoms with Crippen molar-refractivity contribution in [3.05, 3.63) is 83.7 Å². The van der Waals surface area contributed by atoms with Crippen molar-refractivity contribution in [2.24, 2.45) is 0 Å². The lowest BCUT2D eigenvalue weighted by molar-refractivity contribution is -0.137. The molecular weight excluding hydrogens is 369 g/mol. The maximum atomic E-state index is 12.6. The van der Waals surface area contributed by atoms with E-state index in [1.54, 1.807) is 30.3 Å². The van der Waals surface area contributed by atoms with Crippen molar-refractivity contribution in [3.63, 3.8) is 0 Å². The van der Waals surface area contributed by atoms with Gasteiger partial charge in [-0.1, -0.05) is 0 Å². The number of pyridine rings is 1. The number of amides is 1. The number of halogens is 3. The number of hydrogen-bond acceptors (Lipinski definition) is 4. The topological polar surface area (TPSA) is 77.8 Å². The van der Waals surface area contributed by atoms with Crippen LogP contribution in [-0.4, -0.2) is 10.9 Å². The summed E-state index contributed by atoms with van der Waals surface area (Å²) in [6.45, 7) is 0.